The lowest BCUT2D eigenvalue weighted by Gasteiger charge is -2.34. The molecule has 0 aliphatic carbocycles. The van der Waals surface area contributed by atoms with Crippen LogP contribution in [0.1, 0.15) is 19.3 Å². The summed E-state index contributed by atoms with van der Waals surface area (Å²) in [4.78, 5) is 18.6. The molecule has 2 aromatic carbocycles. The maximum absolute atomic E-state index is 12.2. The molecule has 32 heavy (non-hydrogen) atoms. The molecule has 8 nitrogen and oxygen atoms in total. The quantitative estimate of drug-likeness (QED) is 0.496. The minimum atomic E-state index is 0.0572. The molecule has 0 atom stereocenters. The van der Waals surface area contributed by atoms with Crippen LogP contribution in [0.25, 0.3) is 11.4 Å². The van der Waals surface area contributed by atoms with Gasteiger partial charge in [-0.2, -0.15) is 4.80 Å². The van der Waals surface area contributed by atoms with Crippen LogP contribution in [0.4, 0.5) is 5.69 Å². The van der Waals surface area contributed by atoms with Gasteiger partial charge in [-0.25, -0.2) is 0 Å². The number of benzene rings is 2. The maximum atomic E-state index is 12.2. The number of unbranched alkanes of at least 4 members (excludes halogenated alkanes) is 2. The molecule has 1 amide bonds. The largest absolute Gasteiger partial charge is 0.325 e. The van der Waals surface area contributed by atoms with E-state index in [2.05, 4.69) is 30.5 Å². The van der Waals surface area contributed by atoms with Crippen LogP contribution in [-0.4, -0.2) is 75.2 Å². The van der Waals surface area contributed by atoms with Crippen molar-refractivity contribution in [3.8, 4) is 11.4 Å². The second-order valence-corrected chi connectivity index (χ2v) is 8.17. The van der Waals surface area contributed by atoms with E-state index < -0.39 is 0 Å². The Kier molecular flexibility index (Phi) is 7.94. The first-order valence-corrected chi connectivity index (χ1v) is 11.4. The van der Waals surface area contributed by atoms with E-state index in [9.17, 15) is 4.79 Å². The molecule has 168 valence electrons. The van der Waals surface area contributed by atoms with E-state index in [4.69, 9.17) is 0 Å². The highest BCUT2D eigenvalue weighted by Gasteiger charge is 2.18. The Hall–Kier alpha value is -3.10. The standard InChI is InChI=1S/C24H31N7O/c32-23(25-22-12-6-2-7-13-22)20-30-18-16-29(17-19-30)14-8-3-9-15-31-27-24(26-28-31)21-10-4-1-5-11-21/h1-2,4-7,10-13H,3,8-9,14-20H2,(H,25,32). The van der Waals surface area contributed by atoms with E-state index >= 15 is 0 Å². The van der Waals surface area contributed by atoms with E-state index in [1.54, 1.807) is 4.80 Å². The molecule has 0 saturated carbocycles. The Bertz CT molecular complexity index is 953. The second kappa shape index (κ2) is 11.5. The number of para-hydroxylation sites is 1. The summed E-state index contributed by atoms with van der Waals surface area (Å²) in [5.74, 6) is 0.739. The van der Waals surface area contributed by atoms with Gasteiger partial charge in [0.1, 0.15) is 0 Å². The zero-order chi connectivity index (χ0) is 22.0. The molecular formula is C24H31N7O. The third-order valence-electron chi connectivity index (χ3n) is 5.71. The van der Waals surface area contributed by atoms with Crippen LogP contribution in [0.3, 0.4) is 0 Å². The third-order valence-corrected chi connectivity index (χ3v) is 5.71. The fraction of sp³-hybridized carbons (Fsp3) is 0.417. The minimum Gasteiger partial charge on any atom is -0.325 e. The molecule has 0 spiro atoms. The Morgan fingerprint density at radius 2 is 1.47 bits per heavy atom. The van der Waals surface area contributed by atoms with E-state index in [0.717, 1.165) is 69.8 Å². The first-order chi connectivity index (χ1) is 15.8. The zero-order valence-electron chi connectivity index (χ0n) is 18.4. The van der Waals surface area contributed by atoms with Crippen molar-refractivity contribution in [1.29, 1.82) is 0 Å². The van der Waals surface area contributed by atoms with Gasteiger partial charge in [-0.1, -0.05) is 55.0 Å². The summed E-state index contributed by atoms with van der Waals surface area (Å²) in [5, 5.41) is 15.7. The van der Waals surface area contributed by atoms with Crippen molar-refractivity contribution in [3.63, 3.8) is 0 Å². The number of hydrogen-bond donors (Lipinski definition) is 1. The lowest BCUT2D eigenvalue weighted by Crippen LogP contribution is -2.48. The highest BCUT2D eigenvalue weighted by atomic mass is 16.2. The zero-order valence-corrected chi connectivity index (χ0v) is 18.4. The van der Waals surface area contributed by atoms with E-state index in [0.29, 0.717) is 12.4 Å². The van der Waals surface area contributed by atoms with Gasteiger partial charge in [0.2, 0.25) is 11.7 Å². The molecule has 1 aliphatic rings. The summed E-state index contributed by atoms with van der Waals surface area (Å²) in [6.07, 6.45) is 3.35. The fourth-order valence-corrected chi connectivity index (χ4v) is 3.90. The number of rotatable bonds is 10. The fourth-order valence-electron chi connectivity index (χ4n) is 3.90. The van der Waals surface area contributed by atoms with Crippen LogP contribution in [0, 0.1) is 0 Å². The number of piperazine rings is 1. The molecule has 2 heterocycles. The topological polar surface area (TPSA) is 79.2 Å². The van der Waals surface area contributed by atoms with Gasteiger partial charge in [0.25, 0.3) is 0 Å². The van der Waals surface area contributed by atoms with Gasteiger partial charge in [-0.3, -0.25) is 9.69 Å². The summed E-state index contributed by atoms with van der Waals surface area (Å²) in [6, 6.07) is 19.6. The van der Waals surface area contributed by atoms with Crippen LogP contribution in [0.2, 0.25) is 0 Å². The second-order valence-electron chi connectivity index (χ2n) is 8.17. The summed E-state index contributed by atoms with van der Waals surface area (Å²) < 4.78 is 0. The number of amides is 1. The molecule has 1 aromatic heterocycles. The molecule has 8 heteroatoms. The number of nitrogens with zero attached hydrogens (tertiary/aromatic N) is 6. The molecule has 0 unspecified atom stereocenters. The van der Waals surface area contributed by atoms with Gasteiger partial charge < -0.3 is 10.2 Å². The number of aromatic nitrogens is 4. The molecule has 0 radical (unpaired) electrons. The van der Waals surface area contributed by atoms with Crippen molar-refractivity contribution in [2.45, 2.75) is 25.8 Å². The SMILES string of the molecule is O=C(CN1CCN(CCCCCn2nnc(-c3ccccc3)n2)CC1)Nc1ccccc1. The average Bonchev–Trinajstić information content (AvgIpc) is 3.30. The Labute approximate surface area is 189 Å². The molecule has 4 rings (SSSR count). The monoisotopic (exact) mass is 433 g/mol. The summed E-state index contributed by atoms with van der Waals surface area (Å²) in [5.41, 5.74) is 1.85. The van der Waals surface area contributed by atoms with Gasteiger partial charge in [0.15, 0.2) is 0 Å². The van der Waals surface area contributed by atoms with Crippen LogP contribution in [0.5, 0.6) is 0 Å². The maximum Gasteiger partial charge on any atom is 0.238 e. The molecule has 1 saturated heterocycles. The number of hydrogen-bond acceptors (Lipinski definition) is 6. The van der Waals surface area contributed by atoms with Crippen molar-refractivity contribution >= 4 is 11.6 Å². The molecule has 3 aromatic rings. The molecular weight excluding hydrogens is 402 g/mol. The first-order valence-electron chi connectivity index (χ1n) is 11.4. The van der Waals surface area contributed by atoms with Crippen LogP contribution in [-0.2, 0) is 11.3 Å². The van der Waals surface area contributed by atoms with E-state index in [-0.39, 0.29) is 5.91 Å². The highest BCUT2D eigenvalue weighted by molar-refractivity contribution is 5.92. The summed E-state index contributed by atoms with van der Waals surface area (Å²) >= 11 is 0. The van der Waals surface area contributed by atoms with E-state index in [1.807, 2.05) is 60.7 Å². The number of carbonyl (C=O) groups is 1. The van der Waals surface area contributed by atoms with Crippen molar-refractivity contribution in [2.75, 3.05) is 44.6 Å². The molecule has 1 N–H and O–H groups in total. The van der Waals surface area contributed by atoms with Crippen molar-refractivity contribution < 1.29 is 4.79 Å². The van der Waals surface area contributed by atoms with Gasteiger partial charge in [0, 0.05) is 37.4 Å². The molecule has 1 fully saturated rings. The predicted molar refractivity (Wildman–Crippen MR) is 125 cm³/mol. The number of anilines is 1. The first kappa shape index (κ1) is 22.1. The normalized spacial score (nSPS) is 15.0. The van der Waals surface area contributed by atoms with Gasteiger partial charge in [-0.15, -0.1) is 10.2 Å². The van der Waals surface area contributed by atoms with E-state index in [1.165, 1.54) is 0 Å². The number of carbonyl (C=O) groups excluding carboxylic acids is 1. The van der Waals surface area contributed by atoms with Crippen molar-refractivity contribution in [3.05, 3.63) is 60.7 Å². The summed E-state index contributed by atoms with van der Waals surface area (Å²) in [6.45, 7) is 6.26. The van der Waals surface area contributed by atoms with Gasteiger partial charge in [0.05, 0.1) is 13.1 Å². The van der Waals surface area contributed by atoms with Crippen molar-refractivity contribution in [1.82, 2.24) is 30.0 Å². The molecule has 1 aliphatic heterocycles. The lowest BCUT2D eigenvalue weighted by molar-refractivity contribution is -0.117. The Morgan fingerprint density at radius 1 is 0.812 bits per heavy atom. The Morgan fingerprint density at radius 3 is 2.22 bits per heavy atom. The van der Waals surface area contributed by atoms with Crippen molar-refractivity contribution in [2.24, 2.45) is 0 Å². The lowest BCUT2D eigenvalue weighted by atomic mass is 10.2. The summed E-state index contributed by atoms with van der Waals surface area (Å²) in [7, 11) is 0. The van der Waals surface area contributed by atoms with Crippen LogP contribution >= 0.6 is 0 Å². The van der Waals surface area contributed by atoms with Gasteiger partial charge >= 0.3 is 0 Å². The Balaban J connectivity index is 1.07. The molecule has 0 bridgehead atoms. The number of tetrazole rings is 1. The number of aryl methyl sites for hydroxylation is 1. The minimum absolute atomic E-state index is 0.0572. The van der Waals surface area contributed by atoms with Crippen LogP contribution in [0.15, 0.2) is 60.7 Å². The average molecular weight is 434 g/mol. The number of nitrogens with one attached hydrogen (secondary N) is 1. The third kappa shape index (κ3) is 6.70. The highest BCUT2D eigenvalue weighted by Crippen LogP contribution is 2.12. The van der Waals surface area contributed by atoms with Crippen LogP contribution < -0.4 is 5.32 Å². The predicted octanol–water partition coefficient (Wildman–Crippen LogP) is 2.77. The smallest absolute Gasteiger partial charge is 0.238 e. The van der Waals surface area contributed by atoms with Gasteiger partial charge in [-0.05, 0) is 36.7 Å².